The molecule has 1 rings (SSSR count). The average molecular weight is 351 g/mol. The van der Waals surface area contributed by atoms with Crippen molar-refractivity contribution in [2.24, 2.45) is 4.99 Å². The Bertz CT molecular complexity index is 352. The molecule has 0 aromatic carbocycles. The third-order valence-electron chi connectivity index (χ3n) is 5.23. The van der Waals surface area contributed by atoms with Crippen LogP contribution in [0.3, 0.4) is 0 Å². The summed E-state index contributed by atoms with van der Waals surface area (Å²) in [5, 5.41) is 9.69. The molecule has 0 aliphatic carbocycles. The molecule has 1 heterocycles. The minimum absolute atomic E-state index is 0.381. The Morgan fingerprint density at radius 3 is 1.88 bits per heavy atom. The number of nitrogens with zero attached hydrogens (tertiary/aromatic N) is 2. The van der Waals surface area contributed by atoms with Gasteiger partial charge in [-0.05, 0) is 26.2 Å². The zero-order valence-electron chi connectivity index (χ0n) is 16.7. The van der Waals surface area contributed by atoms with Crippen molar-refractivity contribution in [1.82, 2.24) is 4.90 Å². The monoisotopic (exact) mass is 350 g/mol. The van der Waals surface area contributed by atoms with E-state index in [9.17, 15) is 5.11 Å². The van der Waals surface area contributed by atoms with Gasteiger partial charge in [0.2, 0.25) is 0 Å². The Labute approximate surface area is 156 Å². The molecule has 1 aliphatic rings. The molecule has 1 unspecified atom stereocenters. The Balaban J connectivity index is 1.78. The van der Waals surface area contributed by atoms with Crippen LogP contribution in [0, 0.1) is 0 Å². The molecule has 0 radical (unpaired) electrons. The Morgan fingerprint density at radius 1 is 0.920 bits per heavy atom. The van der Waals surface area contributed by atoms with Crippen molar-refractivity contribution in [2.45, 2.75) is 109 Å². The number of allylic oxidation sites excluding steroid dienone is 1. The zero-order chi connectivity index (χ0) is 18.2. The SMILES string of the molecule is C=CCCCCCCCCCCCCCCCC1=NCCN1C(C)O. The van der Waals surface area contributed by atoms with Crippen LogP contribution in [0.2, 0.25) is 0 Å². The highest BCUT2D eigenvalue weighted by Gasteiger charge is 2.19. The van der Waals surface area contributed by atoms with Gasteiger partial charge < -0.3 is 10.0 Å². The number of unbranched alkanes of at least 4 members (excludes halogenated alkanes) is 13. The molecule has 1 atom stereocenters. The minimum Gasteiger partial charge on any atom is -0.374 e. The highest BCUT2D eigenvalue weighted by Crippen LogP contribution is 2.15. The highest BCUT2D eigenvalue weighted by molar-refractivity contribution is 5.83. The lowest BCUT2D eigenvalue weighted by Gasteiger charge is -2.23. The van der Waals surface area contributed by atoms with Crippen LogP contribution in [0.15, 0.2) is 17.6 Å². The number of aliphatic imine (C=N–C) groups is 1. The van der Waals surface area contributed by atoms with Gasteiger partial charge in [-0.15, -0.1) is 6.58 Å². The topological polar surface area (TPSA) is 35.8 Å². The second-order valence-corrected chi connectivity index (χ2v) is 7.55. The molecular weight excluding hydrogens is 308 g/mol. The molecule has 3 nitrogen and oxygen atoms in total. The van der Waals surface area contributed by atoms with Crippen molar-refractivity contribution < 1.29 is 5.11 Å². The summed E-state index contributed by atoms with van der Waals surface area (Å²) in [5.41, 5.74) is 0. The highest BCUT2D eigenvalue weighted by atomic mass is 16.3. The van der Waals surface area contributed by atoms with E-state index in [-0.39, 0.29) is 6.23 Å². The van der Waals surface area contributed by atoms with Crippen molar-refractivity contribution in [1.29, 1.82) is 0 Å². The number of hydrogen-bond acceptors (Lipinski definition) is 3. The fourth-order valence-electron chi connectivity index (χ4n) is 3.65. The van der Waals surface area contributed by atoms with Gasteiger partial charge in [0, 0.05) is 13.0 Å². The smallest absolute Gasteiger partial charge is 0.125 e. The lowest BCUT2D eigenvalue weighted by Crippen LogP contribution is -2.35. The molecular formula is C22H42N2O. The summed E-state index contributed by atoms with van der Waals surface area (Å²) in [6.45, 7) is 7.35. The summed E-state index contributed by atoms with van der Waals surface area (Å²) < 4.78 is 0. The van der Waals surface area contributed by atoms with E-state index in [2.05, 4.69) is 11.6 Å². The molecule has 1 aliphatic heterocycles. The predicted octanol–water partition coefficient (Wildman–Crippen LogP) is 6.08. The van der Waals surface area contributed by atoms with E-state index in [0.29, 0.717) is 0 Å². The third kappa shape index (κ3) is 11.4. The van der Waals surface area contributed by atoms with Gasteiger partial charge in [0.1, 0.15) is 12.1 Å². The van der Waals surface area contributed by atoms with Gasteiger partial charge in [-0.1, -0.05) is 76.7 Å². The van der Waals surface area contributed by atoms with Crippen LogP contribution in [-0.2, 0) is 0 Å². The first kappa shape index (κ1) is 22.2. The van der Waals surface area contributed by atoms with E-state index in [1.54, 1.807) is 0 Å². The summed E-state index contributed by atoms with van der Waals surface area (Å²) in [6.07, 6.45) is 21.8. The molecule has 0 aromatic heterocycles. The first-order valence-corrected chi connectivity index (χ1v) is 10.8. The Morgan fingerprint density at radius 2 is 1.40 bits per heavy atom. The van der Waals surface area contributed by atoms with Gasteiger partial charge in [-0.3, -0.25) is 4.99 Å². The van der Waals surface area contributed by atoms with Crippen molar-refractivity contribution >= 4 is 5.84 Å². The van der Waals surface area contributed by atoms with Gasteiger partial charge in [0.15, 0.2) is 0 Å². The Hall–Kier alpha value is -0.830. The van der Waals surface area contributed by atoms with E-state index in [4.69, 9.17) is 0 Å². The number of rotatable bonds is 17. The molecule has 0 saturated carbocycles. The van der Waals surface area contributed by atoms with Gasteiger partial charge in [0.25, 0.3) is 0 Å². The van der Waals surface area contributed by atoms with Crippen LogP contribution < -0.4 is 0 Å². The molecule has 0 amide bonds. The second kappa shape index (κ2) is 15.4. The second-order valence-electron chi connectivity index (χ2n) is 7.55. The summed E-state index contributed by atoms with van der Waals surface area (Å²) >= 11 is 0. The number of aliphatic hydroxyl groups is 1. The lowest BCUT2D eigenvalue weighted by atomic mass is 10.0. The standard InChI is InChI=1S/C22H42N2O/c1-3-4-5-6-7-8-9-10-11-12-13-14-15-16-17-18-22-23-19-20-24(22)21(2)25/h3,21,25H,1,4-20H2,2H3. The number of hydrogen-bond donors (Lipinski definition) is 1. The molecule has 25 heavy (non-hydrogen) atoms. The molecule has 0 aromatic rings. The van der Waals surface area contributed by atoms with E-state index < -0.39 is 0 Å². The minimum atomic E-state index is -0.381. The van der Waals surface area contributed by atoms with Crippen LogP contribution in [0.1, 0.15) is 103 Å². The van der Waals surface area contributed by atoms with Crippen LogP contribution in [0.5, 0.6) is 0 Å². The maximum absolute atomic E-state index is 9.69. The lowest BCUT2D eigenvalue weighted by molar-refractivity contribution is 0.0766. The summed E-state index contributed by atoms with van der Waals surface area (Å²) in [7, 11) is 0. The first-order valence-electron chi connectivity index (χ1n) is 10.8. The van der Waals surface area contributed by atoms with Crippen LogP contribution in [0.4, 0.5) is 0 Å². The number of amidine groups is 1. The maximum atomic E-state index is 9.69. The van der Waals surface area contributed by atoms with E-state index in [0.717, 1.165) is 25.3 Å². The zero-order valence-corrected chi connectivity index (χ0v) is 16.7. The molecule has 0 fully saturated rings. The molecule has 146 valence electrons. The first-order chi connectivity index (χ1) is 12.3. The fourth-order valence-corrected chi connectivity index (χ4v) is 3.65. The predicted molar refractivity (Wildman–Crippen MR) is 110 cm³/mol. The molecule has 0 bridgehead atoms. The summed E-state index contributed by atoms with van der Waals surface area (Å²) in [6, 6.07) is 0. The molecule has 0 saturated heterocycles. The largest absolute Gasteiger partial charge is 0.374 e. The van der Waals surface area contributed by atoms with E-state index in [1.807, 2.05) is 17.9 Å². The van der Waals surface area contributed by atoms with Crippen LogP contribution in [0.25, 0.3) is 0 Å². The van der Waals surface area contributed by atoms with E-state index >= 15 is 0 Å². The van der Waals surface area contributed by atoms with Gasteiger partial charge >= 0.3 is 0 Å². The Kier molecular flexibility index (Phi) is 13.7. The summed E-state index contributed by atoms with van der Waals surface area (Å²) in [4.78, 5) is 6.56. The normalized spacial score (nSPS) is 15.4. The number of aliphatic hydroxyl groups excluding tert-OH is 1. The van der Waals surface area contributed by atoms with Crippen molar-refractivity contribution in [2.75, 3.05) is 13.1 Å². The van der Waals surface area contributed by atoms with Crippen molar-refractivity contribution in [3.63, 3.8) is 0 Å². The third-order valence-corrected chi connectivity index (χ3v) is 5.23. The quantitative estimate of drug-likeness (QED) is 0.255. The van der Waals surface area contributed by atoms with Gasteiger partial charge in [0.05, 0.1) is 6.54 Å². The van der Waals surface area contributed by atoms with Gasteiger partial charge in [-0.2, -0.15) is 0 Å². The maximum Gasteiger partial charge on any atom is 0.125 e. The van der Waals surface area contributed by atoms with Crippen molar-refractivity contribution in [3.05, 3.63) is 12.7 Å². The fraction of sp³-hybridized carbons (Fsp3) is 0.864. The van der Waals surface area contributed by atoms with Crippen LogP contribution >= 0.6 is 0 Å². The van der Waals surface area contributed by atoms with Crippen molar-refractivity contribution in [3.8, 4) is 0 Å². The summed E-state index contributed by atoms with van der Waals surface area (Å²) in [5.74, 6) is 1.12. The molecule has 0 spiro atoms. The average Bonchev–Trinajstić information content (AvgIpc) is 3.07. The van der Waals surface area contributed by atoms with Crippen LogP contribution in [-0.4, -0.2) is 35.2 Å². The molecule has 1 N–H and O–H groups in total. The molecule has 3 heteroatoms. The van der Waals surface area contributed by atoms with Gasteiger partial charge in [-0.25, -0.2) is 0 Å². The van der Waals surface area contributed by atoms with E-state index in [1.165, 1.54) is 89.9 Å².